The van der Waals surface area contributed by atoms with Crippen LogP contribution in [-0.2, 0) is 22.6 Å². The quantitative estimate of drug-likeness (QED) is 0.200. The zero-order chi connectivity index (χ0) is 27.5. The van der Waals surface area contributed by atoms with Gasteiger partial charge >= 0.3 is 5.97 Å². The highest BCUT2D eigenvalue weighted by molar-refractivity contribution is 5.72. The van der Waals surface area contributed by atoms with Gasteiger partial charge in [0.05, 0.1) is 12.7 Å². The Labute approximate surface area is 227 Å². The van der Waals surface area contributed by atoms with Gasteiger partial charge < -0.3 is 14.2 Å². The van der Waals surface area contributed by atoms with Crippen molar-refractivity contribution in [1.29, 1.82) is 0 Å². The predicted octanol–water partition coefficient (Wildman–Crippen LogP) is 8.53. The van der Waals surface area contributed by atoms with Crippen LogP contribution in [0.1, 0.15) is 75.1 Å². The second-order valence-corrected chi connectivity index (χ2v) is 9.80. The minimum absolute atomic E-state index is 0.155. The lowest BCUT2D eigenvalue weighted by atomic mass is 9.94. The van der Waals surface area contributed by atoms with Crippen LogP contribution in [0.15, 0.2) is 54.6 Å². The Bertz CT molecular complexity index is 1170. The molecule has 3 aromatic carbocycles. The highest BCUT2D eigenvalue weighted by Crippen LogP contribution is 2.32. The minimum Gasteiger partial charge on any atom is -0.490 e. The molecule has 204 valence electrons. The van der Waals surface area contributed by atoms with E-state index in [1.165, 1.54) is 22.8 Å². The first-order valence-corrected chi connectivity index (χ1v) is 13.8. The second kappa shape index (κ2) is 14.6. The Kier molecular flexibility index (Phi) is 11.2. The number of hydrogen-bond donors (Lipinski definition) is 0. The van der Waals surface area contributed by atoms with Gasteiger partial charge in [0.2, 0.25) is 0 Å². The normalized spacial score (nSPS) is 11.0. The summed E-state index contributed by atoms with van der Waals surface area (Å²) in [4.78, 5) is 11.6. The van der Waals surface area contributed by atoms with Crippen molar-refractivity contribution in [2.24, 2.45) is 0 Å². The van der Waals surface area contributed by atoms with Crippen molar-refractivity contribution in [1.82, 2.24) is 0 Å². The Hall–Kier alpha value is -3.34. The third kappa shape index (κ3) is 8.34. The summed E-state index contributed by atoms with van der Waals surface area (Å²) in [6, 6.07) is 17.3. The van der Waals surface area contributed by atoms with Gasteiger partial charge in [-0.15, -0.1) is 0 Å². The van der Waals surface area contributed by atoms with Crippen molar-refractivity contribution in [3.8, 4) is 22.6 Å². The van der Waals surface area contributed by atoms with Crippen molar-refractivity contribution >= 4 is 5.97 Å². The molecule has 0 unspecified atom stereocenters. The number of halogens is 1. The van der Waals surface area contributed by atoms with Gasteiger partial charge in [-0.25, -0.2) is 4.39 Å². The SMILES string of the molecule is CCCC(CCC)Oc1cc(C)c(-c2cccc(COc3ccc(CCC(=O)OCC)c(F)c3)c2)c(C)c1. The van der Waals surface area contributed by atoms with E-state index in [9.17, 15) is 9.18 Å². The van der Waals surface area contributed by atoms with E-state index in [-0.39, 0.29) is 24.3 Å². The van der Waals surface area contributed by atoms with Gasteiger partial charge in [0.15, 0.2) is 0 Å². The fraction of sp³-hybridized carbons (Fsp3) is 0.424. The van der Waals surface area contributed by atoms with Crippen LogP contribution in [0, 0.1) is 19.7 Å². The first-order chi connectivity index (χ1) is 18.3. The molecule has 3 aromatic rings. The van der Waals surface area contributed by atoms with Crippen LogP contribution < -0.4 is 9.47 Å². The summed E-state index contributed by atoms with van der Waals surface area (Å²) < 4.78 is 31.7. The lowest BCUT2D eigenvalue weighted by Gasteiger charge is -2.20. The Morgan fingerprint density at radius 1 is 0.895 bits per heavy atom. The molecule has 0 aliphatic carbocycles. The van der Waals surface area contributed by atoms with E-state index < -0.39 is 0 Å². The number of ether oxygens (including phenoxy) is 3. The number of aryl methyl sites for hydroxylation is 3. The van der Waals surface area contributed by atoms with Gasteiger partial charge in [-0.1, -0.05) is 51.0 Å². The van der Waals surface area contributed by atoms with E-state index in [0.29, 0.717) is 30.9 Å². The van der Waals surface area contributed by atoms with Crippen molar-refractivity contribution in [2.45, 2.75) is 85.9 Å². The number of rotatable bonds is 14. The van der Waals surface area contributed by atoms with E-state index in [2.05, 4.69) is 52.0 Å². The summed E-state index contributed by atoms with van der Waals surface area (Å²) in [5, 5.41) is 0. The van der Waals surface area contributed by atoms with Crippen LogP contribution in [0.4, 0.5) is 4.39 Å². The molecule has 3 rings (SSSR count). The van der Waals surface area contributed by atoms with E-state index >= 15 is 0 Å². The van der Waals surface area contributed by atoms with Gasteiger partial charge in [0, 0.05) is 12.5 Å². The molecule has 0 heterocycles. The number of carbonyl (C=O) groups excluding carboxylic acids is 1. The number of benzene rings is 3. The molecule has 0 fully saturated rings. The smallest absolute Gasteiger partial charge is 0.306 e. The van der Waals surface area contributed by atoms with E-state index in [1.54, 1.807) is 19.1 Å². The summed E-state index contributed by atoms with van der Waals surface area (Å²) in [7, 11) is 0. The Morgan fingerprint density at radius 3 is 2.24 bits per heavy atom. The molecule has 0 saturated carbocycles. The van der Waals surface area contributed by atoms with Crippen molar-refractivity contribution in [2.75, 3.05) is 6.61 Å². The number of carbonyl (C=O) groups is 1. The van der Waals surface area contributed by atoms with Gasteiger partial charge in [-0.3, -0.25) is 4.79 Å². The molecule has 0 bridgehead atoms. The molecular weight excluding hydrogens is 479 g/mol. The van der Waals surface area contributed by atoms with Crippen molar-refractivity contribution in [3.63, 3.8) is 0 Å². The van der Waals surface area contributed by atoms with Gasteiger partial charge in [-0.05, 0) is 97.7 Å². The van der Waals surface area contributed by atoms with Crippen molar-refractivity contribution < 1.29 is 23.4 Å². The van der Waals surface area contributed by atoms with Crippen LogP contribution >= 0.6 is 0 Å². The Morgan fingerprint density at radius 2 is 1.61 bits per heavy atom. The van der Waals surface area contributed by atoms with Gasteiger partial charge in [-0.2, -0.15) is 0 Å². The zero-order valence-corrected chi connectivity index (χ0v) is 23.4. The topological polar surface area (TPSA) is 44.8 Å². The van der Waals surface area contributed by atoms with Crippen LogP contribution in [-0.4, -0.2) is 18.7 Å². The summed E-state index contributed by atoms with van der Waals surface area (Å²) in [5.41, 5.74) is 6.13. The third-order valence-corrected chi connectivity index (χ3v) is 6.58. The van der Waals surface area contributed by atoms with Crippen LogP contribution in [0.3, 0.4) is 0 Å². The fourth-order valence-corrected chi connectivity index (χ4v) is 4.82. The monoisotopic (exact) mass is 520 g/mol. The lowest BCUT2D eigenvalue weighted by molar-refractivity contribution is -0.143. The molecule has 5 heteroatoms. The maximum atomic E-state index is 14.5. The molecule has 0 aliphatic rings. The van der Waals surface area contributed by atoms with E-state index in [1.807, 2.05) is 12.1 Å². The van der Waals surface area contributed by atoms with Crippen LogP contribution in [0.2, 0.25) is 0 Å². The van der Waals surface area contributed by atoms with Gasteiger partial charge in [0.1, 0.15) is 23.9 Å². The van der Waals surface area contributed by atoms with Crippen LogP contribution in [0.5, 0.6) is 11.5 Å². The molecule has 4 nitrogen and oxygen atoms in total. The van der Waals surface area contributed by atoms with Crippen molar-refractivity contribution in [3.05, 3.63) is 82.7 Å². The number of esters is 1. The molecule has 0 N–H and O–H groups in total. The molecule has 0 aromatic heterocycles. The molecule has 38 heavy (non-hydrogen) atoms. The average molecular weight is 521 g/mol. The van der Waals surface area contributed by atoms with E-state index in [4.69, 9.17) is 14.2 Å². The molecule has 0 amide bonds. The highest BCUT2D eigenvalue weighted by Gasteiger charge is 2.14. The molecule has 0 spiro atoms. The lowest BCUT2D eigenvalue weighted by Crippen LogP contribution is -2.16. The standard InChI is InChI=1S/C33H41FO4/c1-6-10-28(11-7-2)38-30-18-23(4)33(24(5)19-30)27-13-9-12-25(20-27)22-37-29-16-14-26(31(34)21-29)15-17-32(35)36-8-3/h9,12-14,16,18-21,28H,6-8,10-11,15,17,22H2,1-5H3. The largest absolute Gasteiger partial charge is 0.490 e. The van der Waals surface area contributed by atoms with Crippen LogP contribution in [0.25, 0.3) is 11.1 Å². The zero-order valence-electron chi connectivity index (χ0n) is 23.4. The summed E-state index contributed by atoms with van der Waals surface area (Å²) in [6.07, 6.45) is 5.07. The molecular formula is C33H41FO4. The third-order valence-electron chi connectivity index (χ3n) is 6.58. The first-order valence-electron chi connectivity index (χ1n) is 13.8. The molecule has 0 saturated heterocycles. The predicted molar refractivity (Wildman–Crippen MR) is 151 cm³/mol. The first kappa shape index (κ1) is 29.2. The average Bonchev–Trinajstić information content (AvgIpc) is 2.87. The van der Waals surface area contributed by atoms with E-state index in [0.717, 1.165) is 42.6 Å². The summed E-state index contributed by atoms with van der Waals surface area (Å²) >= 11 is 0. The Balaban J connectivity index is 1.68. The minimum atomic E-state index is -0.380. The molecule has 0 aliphatic heterocycles. The van der Waals surface area contributed by atoms with Gasteiger partial charge in [0.25, 0.3) is 0 Å². The summed E-state index contributed by atoms with van der Waals surface area (Å²) in [5.74, 6) is 0.685. The molecule has 0 atom stereocenters. The maximum Gasteiger partial charge on any atom is 0.306 e. The second-order valence-electron chi connectivity index (χ2n) is 9.80. The fourth-order valence-electron chi connectivity index (χ4n) is 4.82. The number of hydrogen-bond acceptors (Lipinski definition) is 4. The molecule has 0 radical (unpaired) electrons. The maximum absolute atomic E-state index is 14.5. The highest BCUT2D eigenvalue weighted by atomic mass is 19.1. The summed E-state index contributed by atoms with van der Waals surface area (Å²) in [6.45, 7) is 11.0.